The third kappa shape index (κ3) is 4.70. The van der Waals surface area contributed by atoms with Crippen LogP contribution in [-0.4, -0.2) is 17.5 Å². The number of aromatic nitrogens is 1. The summed E-state index contributed by atoms with van der Waals surface area (Å²) in [6.07, 6.45) is 0. The zero-order valence-corrected chi connectivity index (χ0v) is 16.8. The van der Waals surface area contributed by atoms with E-state index in [9.17, 15) is 4.79 Å². The van der Waals surface area contributed by atoms with Crippen molar-refractivity contribution >= 4 is 22.4 Å². The molecule has 0 fully saturated rings. The van der Waals surface area contributed by atoms with Crippen LogP contribution in [0.5, 0.6) is 5.75 Å². The average molecular weight is 401 g/mol. The molecule has 144 valence electrons. The Kier molecular flexibility index (Phi) is 5.68. The van der Waals surface area contributed by atoms with Gasteiger partial charge >= 0.3 is 0 Å². The predicted octanol–water partition coefficient (Wildman–Crippen LogP) is 5.80. The summed E-state index contributed by atoms with van der Waals surface area (Å²) in [5.74, 6) is 0.481. The summed E-state index contributed by atoms with van der Waals surface area (Å²) in [4.78, 5) is 16.7. The van der Waals surface area contributed by atoms with E-state index in [1.807, 2.05) is 66.9 Å². The van der Waals surface area contributed by atoms with Crippen molar-refractivity contribution in [2.45, 2.75) is 6.92 Å². The van der Waals surface area contributed by atoms with Crippen LogP contribution >= 0.6 is 11.3 Å². The lowest BCUT2D eigenvalue weighted by Crippen LogP contribution is -2.20. The number of para-hydroxylation sites is 1. The van der Waals surface area contributed by atoms with E-state index in [1.165, 1.54) is 16.9 Å². The second-order valence-electron chi connectivity index (χ2n) is 6.58. The van der Waals surface area contributed by atoms with Crippen molar-refractivity contribution in [2.75, 3.05) is 11.9 Å². The van der Waals surface area contributed by atoms with Crippen LogP contribution in [0.15, 0.2) is 84.2 Å². The highest BCUT2D eigenvalue weighted by Gasteiger charge is 2.10. The van der Waals surface area contributed by atoms with Gasteiger partial charge in [-0.1, -0.05) is 72.8 Å². The second kappa shape index (κ2) is 8.71. The largest absolute Gasteiger partial charge is 0.483 e. The molecule has 1 aromatic heterocycles. The molecule has 0 saturated carbocycles. The van der Waals surface area contributed by atoms with Crippen molar-refractivity contribution < 1.29 is 9.53 Å². The lowest BCUT2D eigenvalue weighted by molar-refractivity contribution is -0.118. The molecule has 3 aromatic carbocycles. The number of anilines is 1. The van der Waals surface area contributed by atoms with Gasteiger partial charge in [0.25, 0.3) is 5.91 Å². The summed E-state index contributed by atoms with van der Waals surface area (Å²) in [5, 5.41) is 5.30. The zero-order valence-electron chi connectivity index (χ0n) is 16.0. The van der Waals surface area contributed by atoms with E-state index in [-0.39, 0.29) is 12.5 Å². The molecular formula is C24H20N2O2S. The fourth-order valence-corrected chi connectivity index (χ4v) is 3.68. The molecule has 1 heterocycles. The van der Waals surface area contributed by atoms with E-state index in [0.717, 1.165) is 22.4 Å². The Balaban J connectivity index is 1.38. The van der Waals surface area contributed by atoms with Gasteiger partial charge in [-0.3, -0.25) is 10.1 Å². The standard InChI is InChI=1S/C24H20N2O2S/c1-17-7-5-6-10-22(17)28-15-23(27)26-24-25-21(16-29-24)20-13-11-19(12-14-20)18-8-3-2-4-9-18/h2-14,16H,15H2,1H3,(H,25,26,27). The van der Waals surface area contributed by atoms with Crippen molar-refractivity contribution in [2.24, 2.45) is 0 Å². The number of hydrogen-bond acceptors (Lipinski definition) is 4. The molecule has 1 amide bonds. The molecular weight excluding hydrogens is 380 g/mol. The number of nitrogens with zero attached hydrogens (tertiary/aromatic N) is 1. The quantitative estimate of drug-likeness (QED) is 0.445. The van der Waals surface area contributed by atoms with Gasteiger partial charge in [-0.15, -0.1) is 11.3 Å². The van der Waals surface area contributed by atoms with Gasteiger partial charge in [0, 0.05) is 10.9 Å². The molecule has 5 heteroatoms. The highest BCUT2D eigenvalue weighted by Crippen LogP contribution is 2.27. The van der Waals surface area contributed by atoms with Crippen molar-refractivity contribution in [1.29, 1.82) is 0 Å². The third-order valence-electron chi connectivity index (χ3n) is 4.49. The normalized spacial score (nSPS) is 10.5. The Morgan fingerprint density at radius 3 is 2.31 bits per heavy atom. The van der Waals surface area contributed by atoms with E-state index in [2.05, 4.69) is 34.6 Å². The van der Waals surface area contributed by atoms with Crippen LogP contribution in [-0.2, 0) is 4.79 Å². The summed E-state index contributed by atoms with van der Waals surface area (Å²) < 4.78 is 5.58. The molecule has 4 nitrogen and oxygen atoms in total. The zero-order chi connectivity index (χ0) is 20.1. The topological polar surface area (TPSA) is 51.2 Å². The van der Waals surface area contributed by atoms with E-state index < -0.39 is 0 Å². The minimum Gasteiger partial charge on any atom is -0.483 e. The minimum atomic E-state index is -0.228. The number of benzene rings is 3. The van der Waals surface area contributed by atoms with E-state index in [1.54, 1.807) is 0 Å². The van der Waals surface area contributed by atoms with Gasteiger partial charge in [-0.2, -0.15) is 0 Å². The van der Waals surface area contributed by atoms with E-state index in [0.29, 0.717) is 10.9 Å². The van der Waals surface area contributed by atoms with Crippen LogP contribution in [0.2, 0.25) is 0 Å². The molecule has 4 aromatic rings. The molecule has 0 aliphatic rings. The van der Waals surface area contributed by atoms with Crippen LogP contribution in [0, 0.1) is 6.92 Å². The van der Waals surface area contributed by atoms with E-state index >= 15 is 0 Å². The molecule has 0 spiro atoms. The number of amides is 1. The van der Waals surface area contributed by atoms with E-state index in [4.69, 9.17) is 4.74 Å². The average Bonchev–Trinajstić information content (AvgIpc) is 3.22. The lowest BCUT2D eigenvalue weighted by atomic mass is 10.0. The minimum absolute atomic E-state index is 0.0501. The highest BCUT2D eigenvalue weighted by atomic mass is 32.1. The number of carbonyl (C=O) groups is 1. The van der Waals surface area contributed by atoms with Gasteiger partial charge in [0.1, 0.15) is 5.75 Å². The Bertz CT molecular complexity index is 1110. The number of thiazole rings is 1. The first-order chi connectivity index (χ1) is 14.2. The molecule has 0 unspecified atom stereocenters. The summed E-state index contributed by atoms with van der Waals surface area (Å²) in [7, 11) is 0. The maximum atomic E-state index is 12.2. The second-order valence-corrected chi connectivity index (χ2v) is 7.44. The number of nitrogens with one attached hydrogen (secondary N) is 1. The lowest BCUT2D eigenvalue weighted by Gasteiger charge is -2.08. The summed E-state index contributed by atoms with van der Waals surface area (Å²) in [6, 6.07) is 26.1. The Hall–Kier alpha value is -3.44. The van der Waals surface area contributed by atoms with Crippen molar-refractivity contribution in [3.05, 3.63) is 89.8 Å². The van der Waals surface area contributed by atoms with Gasteiger partial charge in [0.2, 0.25) is 0 Å². The van der Waals surface area contributed by atoms with Crippen LogP contribution < -0.4 is 10.1 Å². The predicted molar refractivity (Wildman–Crippen MR) is 118 cm³/mol. The maximum absolute atomic E-state index is 12.2. The number of ether oxygens (including phenoxy) is 1. The molecule has 0 bridgehead atoms. The summed E-state index contributed by atoms with van der Waals surface area (Å²) in [5.41, 5.74) is 5.18. The Labute approximate surface area is 173 Å². The molecule has 0 saturated heterocycles. The number of carbonyl (C=O) groups excluding carboxylic acids is 1. The molecule has 1 N–H and O–H groups in total. The van der Waals surface area contributed by atoms with Crippen LogP contribution in [0.25, 0.3) is 22.4 Å². The number of aryl methyl sites for hydroxylation is 1. The fourth-order valence-electron chi connectivity index (χ4n) is 2.94. The maximum Gasteiger partial charge on any atom is 0.264 e. The Morgan fingerprint density at radius 1 is 0.897 bits per heavy atom. The first-order valence-electron chi connectivity index (χ1n) is 9.29. The van der Waals surface area contributed by atoms with Gasteiger partial charge in [-0.25, -0.2) is 4.98 Å². The van der Waals surface area contributed by atoms with Gasteiger partial charge in [0.05, 0.1) is 5.69 Å². The summed E-state index contributed by atoms with van der Waals surface area (Å²) in [6.45, 7) is 1.90. The third-order valence-corrected chi connectivity index (χ3v) is 5.25. The van der Waals surface area contributed by atoms with Crippen LogP contribution in [0.3, 0.4) is 0 Å². The number of hydrogen-bond donors (Lipinski definition) is 1. The monoisotopic (exact) mass is 400 g/mol. The van der Waals surface area contributed by atoms with Gasteiger partial charge in [-0.05, 0) is 29.7 Å². The van der Waals surface area contributed by atoms with Gasteiger partial charge < -0.3 is 4.74 Å². The van der Waals surface area contributed by atoms with Crippen molar-refractivity contribution in [1.82, 2.24) is 4.98 Å². The Morgan fingerprint density at radius 2 is 1.55 bits per heavy atom. The van der Waals surface area contributed by atoms with Crippen LogP contribution in [0.4, 0.5) is 5.13 Å². The number of rotatable bonds is 6. The summed E-state index contributed by atoms with van der Waals surface area (Å²) >= 11 is 1.40. The first kappa shape index (κ1) is 18.9. The molecule has 29 heavy (non-hydrogen) atoms. The molecule has 0 radical (unpaired) electrons. The smallest absolute Gasteiger partial charge is 0.264 e. The van der Waals surface area contributed by atoms with Gasteiger partial charge in [0.15, 0.2) is 11.7 Å². The molecule has 0 atom stereocenters. The highest BCUT2D eigenvalue weighted by molar-refractivity contribution is 7.14. The SMILES string of the molecule is Cc1ccccc1OCC(=O)Nc1nc(-c2ccc(-c3ccccc3)cc2)cs1. The molecule has 0 aliphatic heterocycles. The fraction of sp³-hybridized carbons (Fsp3) is 0.0833. The molecule has 4 rings (SSSR count). The van der Waals surface area contributed by atoms with Crippen molar-refractivity contribution in [3.63, 3.8) is 0 Å². The van der Waals surface area contributed by atoms with Crippen LogP contribution in [0.1, 0.15) is 5.56 Å². The first-order valence-corrected chi connectivity index (χ1v) is 10.2. The molecule has 0 aliphatic carbocycles. The van der Waals surface area contributed by atoms with Crippen molar-refractivity contribution in [3.8, 4) is 28.1 Å².